The number of aromatic nitrogens is 2. The molecule has 2 heterocycles. The summed E-state index contributed by atoms with van der Waals surface area (Å²) in [5, 5.41) is 4.58. The standard InChI is InChI=1S/C16H22N4O4S/c1-4-24-14(21)11-25-16-18-13(8-12-9-17-19(2)10-12)15(22)20(16)6-5-7-23-3/h8-10H,4-7,11H2,1-3H3/b13-8+. The number of carbonyl (C=O) groups is 2. The lowest BCUT2D eigenvalue weighted by molar-refractivity contribution is -0.139. The van der Waals surface area contributed by atoms with Gasteiger partial charge in [-0.25, -0.2) is 4.99 Å². The van der Waals surface area contributed by atoms with Crippen LogP contribution in [0, 0.1) is 0 Å². The Balaban J connectivity index is 2.13. The molecule has 9 heteroatoms. The van der Waals surface area contributed by atoms with Crippen molar-refractivity contribution in [3.63, 3.8) is 0 Å². The van der Waals surface area contributed by atoms with Crippen molar-refractivity contribution in [1.82, 2.24) is 14.7 Å². The van der Waals surface area contributed by atoms with Gasteiger partial charge in [0.1, 0.15) is 5.70 Å². The number of rotatable bonds is 8. The maximum atomic E-state index is 12.6. The number of esters is 1. The van der Waals surface area contributed by atoms with Gasteiger partial charge in [0.05, 0.1) is 18.6 Å². The predicted molar refractivity (Wildman–Crippen MR) is 95.9 cm³/mol. The molecule has 0 atom stereocenters. The molecule has 25 heavy (non-hydrogen) atoms. The molecule has 0 N–H and O–H groups in total. The average molecular weight is 366 g/mol. The molecule has 0 saturated carbocycles. The molecule has 1 aromatic rings. The van der Waals surface area contributed by atoms with Gasteiger partial charge in [0.25, 0.3) is 5.91 Å². The van der Waals surface area contributed by atoms with Crippen molar-refractivity contribution < 1.29 is 19.1 Å². The van der Waals surface area contributed by atoms with E-state index >= 15 is 0 Å². The zero-order valence-electron chi connectivity index (χ0n) is 14.6. The maximum Gasteiger partial charge on any atom is 0.316 e. The zero-order chi connectivity index (χ0) is 18.2. The van der Waals surface area contributed by atoms with Gasteiger partial charge in [0, 0.05) is 39.1 Å². The number of ether oxygens (including phenoxy) is 2. The minimum absolute atomic E-state index is 0.112. The molecule has 0 bridgehead atoms. The van der Waals surface area contributed by atoms with E-state index in [2.05, 4.69) is 10.1 Å². The second kappa shape index (κ2) is 9.38. The van der Waals surface area contributed by atoms with E-state index in [0.717, 1.165) is 5.56 Å². The van der Waals surface area contributed by atoms with Crippen LogP contribution >= 0.6 is 11.8 Å². The van der Waals surface area contributed by atoms with Crippen LogP contribution in [-0.2, 0) is 26.1 Å². The molecular formula is C16H22N4O4S. The molecule has 0 fully saturated rings. The normalized spacial score (nSPS) is 15.8. The minimum atomic E-state index is -0.329. The fraction of sp³-hybridized carbons (Fsp3) is 0.500. The number of carbonyl (C=O) groups excluding carboxylic acids is 2. The van der Waals surface area contributed by atoms with Gasteiger partial charge in [-0.15, -0.1) is 0 Å². The number of thioether (sulfide) groups is 1. The van der Waals surface area contributed by atoms with Crippen molar-refractivity contribution in [2.24, 2.45) is 12.0 Å². The highest BCUT2D eigenvalue weighted by Gasteiger charge is 2.30. The van der Waals surface area contributed by atoms with Crippen molar-refractivity contribution in [3.8, 4) is 0 Å². The molecule has 0 unspecified atom stereocenters. The first-order valence-corrected chi connectivity index (χ1v) is 8.92. The van der Waals surface area contributed by atoms with E-state index in [4.69, 9.17) is 9.47 Å². The van der Waals surface area contributed by atoms with Crippen LogP contribution in [0.2, 0.25) is 0 Å². The van der Waals surface area contributed by atoms with Gasteiger partial charge < -0.3 is 9.47 Å². The second-order valence-electron chi connectivity index (χ2n) is 5.27. The third kappa shape index (κ3) is 5.43. The molecule has 2 rings (SSSR count). The highest BCUT2D eigenvalue weighted by atomic mass is 32.2. The minimum Gasteiger partial charge on any atom is -0.465 e. The Kier molecular flexibility index (Phi) is 7.20. The van der Waals surface area contributed by atoms with E-state index in [-0.39, 0.29) is 17.6 Å². The number of methoxy groups -OCH3 is 1. The van der Waals surface area contributed by atoms with Crippen LogP contribution in [-0.4, -0.2) is 64.3 Å². The number of aryl methyl sites for hydroxylation is 1. The van der Waals surface area contributed by atoms with Crippen LogP contribution in [0.3, 0.4) is 0 Å². The Bertz CT molecular complexity index is 683. The van der Waals surface area contributed by atoms with Crippen LogP contribution in [0.15, 0.2) is 23.1 Å². The summed E-state index contributed by atoms with van der Waals surface area (Å²) in [4.78, 5) is 30.2. The molecule has 136 valence electrons. The molecule has 1 aliphatic heterocycles. The molecule has 0 radical (unpaired) electrons. The first-order chi connectivity index (χ1) is 12.0. The number of nitrogens with zero attached hydrogens (tertiary/aromatic N) is 4. The Morgan fingerprint density at radius 1 is 1.44 bits per heavy atom. The summed E-state index contributed by atoms with van der Waals surface area (Å²) in [6.07, 6.45) is 5.83. The average Bonchev–Trinajstić information content (AvgIpc) is 3.11. The summed E-state index contributed by atoms with van der Waals surface area (Å²) in [7, 11) is 3.42. The van der Waals surface area contributed by atoms with Gasteiger partial charge >= 0.3 is 5.97 Å². The fourth-order valence-electron chi connectivity index (χ4n) is 2.20. The van der Waals surface area contributed by atoms with E-state index in [1.54, 1.807) is 49.1 Å². The summed E-state index contributed by atoms with van der Waals surface area (Å²) < 4.78 is 11.6. The Morgan fingerprint density at radius 2 is 2.24 bits per heavy atom. The highest BCUT2D eigenvalue weighted by molar-refractivity contribution is 8.14. The SMILES string of the molecule is CCOC(=O)CSC1=N/C(=C/c2cnn(C)c2)C(=O)N1CCCOC. The van der Waals surface area contributed by atoms with E-state index < -0.39 is 0 Å². The molecule has 1 aromatic heterocycles. The van der Waals surface area contributed by atoms with Crippen molar-refractivity contribution in [3.05, 3.63) is 23.7 Å². The number of hydrogen-bond donors (Lipinski definition) is 0. The molecule has 1 aliphatic rings. The lowest BCUT2D eigenvalue weighted by Crippen LogP contribution is -2.32. The summed E-state index contributed by atoms with van der Waals surface area (Å²) in [5.41, 5.74) is 1.12. The zero-order valence-corrected chi connectivity index (χ0v) is 15.4. The third-order valence-corrected chi connectivity index (χ3v) is 4.24. The monoisotopic (exact) mass is 366 g/mol. The first-order valence-electron chi connectivity index (χ1n) is 7.93. The van der Waals surface area contributed by atoms with Crippen molar-refractivity contribution in [1.29, 1.82) is 0 Å². The molecule has 0 saturated heterocycles. The van der Waals surface area contributed by atoms with Crippen LogP contribution in [0.1, 0.15) is 18.9 Å². The molecule has 0 spiro atoms. The number of amides is 1. The molecule has 1 amide bonds. The molecule has 8 nitrogen and oxygen atoms in total. The van der Waals surface area contributed by atoms with E-state index in [1.165, 1.54) is 11.8 Å². The van der Waals surface area contributed by atoms with Gasteiger partial charge in [0.15, 0.2) is 5.17 Å². The van der Waals surface area contributed by atoms with Gasteiger partial charge in [-0.05, 0) is 19.4 Å². The smallest absolute Gasteiger partial charge is 0.316 e. The fourth-order valence-corrected chi connectivity index (χ4v) is 3.03. The van der Waals surface area contributed by atoms with Crippen LogP contribution < -0.4 is 0 Å². The van der Waals surface area contributed by atoms with Crippen molar-refractivity contribution in [2.45, 2.75) is 13.3 Å². The summed E-state index contributed by atoms with van der Waals surface area (Å²) in [6.45, 7) is 3.10. The third-order valence-electron chi connectivity index (χ3n) is 3.29. The Labute approximate surface area is 150 Å². The van der Waals surface area contributed by atoms with Crippen molar-refractivity contribution >= 4 is 34.9 Å². The summed E-state index contributed by atoms with van der Waals surface area (Å²) in [5.74, 6) is -0.406. The maximum absolute atomic E-state index is 12.6. The van der Waals surface area contributed by atoms with Gasteiger partial charge in [-0.1, -0.05) is 11.8 Å². The number of amidine groups is 1. The van der Waals surface area contributed by atoms with E-state index in [0.29, 0.717) is 37.0 Å². The first kappa shape index (κ1) is 19.2. The van der Waals surface area contributed by atoms with Gasteiger partial charge in [-0.2, -0.15) is 5.10 Å². The van der Waals surface area contributed by atoms with E-state index in [1.807, 2.05) is 0 Å². The molecule has 0 aliphatic carbocycles. The summed E-state index contributed by atoms with van der Waals surface area (Å²) in [6, 6.07) is 0. The topological polar surface area (TPSA) is 86.0 Å². The quantitative estimate of drug-likeness (QED) is 0.391. The lowest BCUT2D eigenvalue weighted by Gasteiger charge is -2.17. The van der Waals surface area contributed by atoms with Crippen LogP contribution in [0.25, 0.3) is 6.08 Å². The van der Waals surface area contributed by atoms with Gasteiger partial charge in [-0.3, -0.25) is 19.2 Å². The summed E-state index contributed by atoms with van der Waals surface area (Å²) >= 11 is 1.20. The van der Waals surface area contributed by atoms with Crippen LogP contribution in [0.5, 0.6) is 0 Å². The van der Waals surface area contributed by atoms with E-state index in [9.17, 15) is 9.59 Å². The number of hydrogen-bond acceptors (Lipinski definition) is 7. The molecule has 0 aromatic carbocycles. The second-order valence-corrected chi connectivity index (χ2v) is 6.21. The van der Waals surface area contributed by atoms with Crippen molar-refractivity contribution in [2.75, 3.05) is 32.6 Å². The Morgan fingerprint density at radius 3 is 2.88 bits per heavy atom. The number of aliphatic imine (C=N–C) groups is 1. The highest BCUT2D eigenvalue weighted by Crippen LogP contribution is 2.24. The predicted octanol–water partition coefficient (Wildman–Crippen LogP) is 1.29. The largest absolute Gasteiger partial charge is 0.465 e. The van der Waals surface area contributed by atoms with Gasteiger partial charge in [0.2, 0.25) is 0 Å². The molecular weight excluding hydrogens is 344 g/mol. The Hall–Kier alpha value is -2.13. The lowest BCUT2D eigenvalue weighted by atomic mass is 10.2. The van der Waals surface area contributed by atoms with Crippen LogP contribution in [0.4, 0.5) is 0 Å².